The minimum Gasteiger partial charge on any atom is -0.463 e. The number of rotatable bonds is 19. The largest absolute Gasteiger partial charge is 0.463 e. The number of aromatic nitrogens is 1. The average molecular weight is 768 g/mol. The standard InChI is InChI=1S/C49H77NO2Si2/c1-12-28-53(29-13-2,30-14-3)39-22-24-41-42-25-23-40(54(31-15-4,32-16-5)33-17-6)36-44(42)50(43(41)35-39)45-34-38(49(10,11)37-48(7,8)9)21-26-46(45)52-47-20-18-19-27-51-47/h21-26,34-36,47H,12-20,27-33,37H2,1-11H3. The molecule has 2 heterocycles. The first-order valence-electron chi connectivity index (χ1n) is 22.3. The van der Waals surface area contributed by atoms with E-state index in [4.69, 9.17) is 9.47 Å². The van der Waals surface area contributed by atoms with Crippen LogP contribution >= 0.6 is 0 Å². The number of hydrogen-bond acceptors (Lipinski definition) is 2. The van der Waals surface area contributed by atoms with Crippen molar-refractivity contribution in [2.75, 3.05) is 6.61 Å². The van der Waals surface area contributed by atoms with Gasteiger partial charge in [-0.05, 0) is 59.9 Å². The van der Waals surface area contributed by atoms with Crippen molar-refractivity contribution >= 4 is 48.3 Å². The molecule has 0 bridgehead atoms. The number of hydrogen-bond donors (Lipinski definition) is 0. The van der Waals surface area contributed by atoms with Crippen molar-refractivity contribution in [1.82, 2.24) is 4.57 Å². The summed E-state index contributed by atoms with van der Waals surface area (Å²) in [5, 5.41) is 6.05. The van der Waals surface area contributed by atoms with E-state index in [9.17, 15) is 0 Å². The quantitative estimate of drug-likeness (QED) is 0.0887. The van der Waals surface area contributed by atoms with E-state index >= 15 is 0 Å². The van der Waals surface area contributed by atoms with Gasteiger partial charge >= 0.3 is 0 Å². The predicted molar refractivity (Wildman–Crippen MR) is 243 cm³/mol. The maximum absolute atomic E-state index is 6.98. The SMILES string of the molecule is CCC[Si](CCC)(CCC)c1ccc2c3ccc([Si](CCC)(CCC)CCC)cc3n(-c3cc(C(C)(C)CC(C)(C)C)ccc3OC3CCCCO3)c2c1. The van der Waals surface area contributed by atoms with E-state index in [1.54, 1.807) is 10.4 Å². The Bertz CT molecular complexity index is 1690. The molecule has 3 aromatic carbocycles. The fourth-order valence-corrected chi connectivity index (χ4v) is 21.7. The molecule has 3 nitrogen and oxygen atoms in total. The van der Waals surface area contributed by atoms with Crippen molar-refractivity contribution in [2.24, 2.45) is 5.41 Å². The van der Waals surface area contributed by atoms with Crippen LogP contribution in [0.4, 0.5) is 0 Å². The minimum absolute atomic E-state index is 0.00115. The summed E-state index contributed by atoms with van der Waals surface area (Å²) in [5.74, 6) is 0.949. The highest BCUT2D eigenvalue weighted by Crippen LogP contribution is 2.42. The molecule has 5 heteroatoms. The fraction of sp³-hybridized carbons (Fsp3) is 0.633. The summed E-state index contributed by atoms with van der Waals surface area (Å²) in [6.07, 6.45) is 11.7. The molecule has 0 amide bonds. The second-order valence-corrected chi connectivity index (χ2v) is 28.4. The number of nitrogens with zero attached hydrogens (tertiary/aromatic N) is 1. The van der Waals surface area contributed by atoms with Gasteiger partial charge in [-0.2, -0.15) is 0 Å². The first-order valence-corrected chi connectivity index (χ1v) is 27.6. The van der Waals surface area contributed by atoms with Crippen LogP contribution in [0.2, 0.25) is 36.3 Å². The van der Waals surface area contributed by atoms with E-state index in [1.165, 1.54) is 108 Å². The Hall–Kier alpha value is -2.35. The summed E-state index contributed by atoms with van der Waals surface area (Å²) in [4.78, 5) is 0. The molecule has 0 N–H and O–H groups in total. The summed E-state index contributed by atoms with van der Waals surface area (Å²) >= 11 is 0. The Morgan fingerprint density at radius 1 is 0.630 bits per heavy atom. The third-order valence-electron chi connectivity index (χ3n) is 12.7. The van der Waals surface area contributed by atoms with E-state index < -0.39 is 16.1 Å². The number of ether oxygens (including phenoxy) is 2. The monoisotopic (exact) mass is 768 g/mol. The van der Waals surface area contributed by atoms with Gasteiger partial charge in [0.1, 0.15) is 5.75 Å². The fourth-order valence-electron chi connectivity index (χ4n) is 11.0. The Kier molecular flexibility index (Phi) is 14.5. The molecule has 0 saturated carbocycles. The molecule has 0 aliphatic carbocycles. The molecule has 0 radical (unpaired) electrons. The van der Waals surface area contributed by atoms with E-state index in [0.29, 0.717) is 0 Å². The van der Waals surface area contributed by atoms with Gasteiger partial charge in [-0.3, -0.25) is 0 Å². The summed E-state index contributed by atoms with van der Waals surface area (Å²) < 4.78 is 15.9. The zero-order valence-corrected chi connectivity index (χ0v) is 38.6. The van der Waals surface area contributed by atoms with Gasteiger partial charge < -0.3 is 14.0 Å². The Morgan fingerprint density at radius 2 is 1.11 bits per heavy atom. The van der Waals surface area contributed by atoms with E-state index in [2.05, 4.69) is 135 Å². The molecule has 4 aromatic rings. The van der Waals surface area contributed by atoms with Crippen LogP contribution in [0.3, 0.4) is 0 Å². The number of benzene rings is 3. The molecule has 1 fully saturated rings. The molecule has 5 rings (SSSR count). The lowest BCUT2D eigenvalue weighted by Gasteiger charge is -2.34. The summed E-state index contributed by atoms with van der Waals surface area (Å²) in [7, 11) is -3.42. The highest BCUT2D eigenvalue weighted by molar-refractivity contribution is 6.92. The normalized spacial score (nSPS) is 16.1. The van der Waals surface area contributed by atoms with Crippen LogP contribution in [0, 0.1) is 5.41 Å². The van der Waals surface area contributed by atoms with Crippen molar-refractivity contribution in [1.29, 1.82) is 0 Å². The van der Waals surface area contributed by atoms with Crippen molar-refractivity contribution in [3.8, 4) is 11.4 Å². The number of fused-ring (bicyclic) bond motifs is 3. The maximum atomic E-state index is 6.98. The molecule has 1 saturated heterocycles. The molecular weight excluding hydrogens is 691 g/mol. The van der Waals surface area contributed by atoms with Crippen LogP contribution in [0.5, 0.6) is 5.75 Å². The van der Waals surface area contributed by atoms with Gasteiger partial charge in [0.2, 0.25) is 0 Å². The zero-order chi connectivity index (χ0) is 39.1. The highest BCUT2D eigenvalue weighted by atomic mass is 28.3. The lowest BCUT2D eigenvalue weighted by Crippen LogP contribution is -2.47. The van der Waals surface area contributed by atoms with Crippen LogP contribution < -0.4 is 15.1 Å². The average Bonchev–Trinajstić information content (AvgIpc) is 3.44. The predicted octanol–water partition coefficient (Wildman–Crippen LogP) is 14.2. The Balaban J connectivity index is 1.90. The smallest absolute Gasteiger partial charge is 0.199 e. The highest BCUT2D eigenvalue weighted by Gasteiger charge is 2.36. The lowest BCUT2D eigenvalue weighted by molar-refractivity contribution is -0.105. The van der Waals surface area contributed by atoms with Gasteiger partial charge in [-0.1, -0.05) is 192 Å². The van der Waals surface area contributed by atoms with Crippen LogP contribution in [0.15, 0.2) is 54.6 Å². The summed E-state index contributed by atoms with van der Waals surface area (Å²) in [5.41, 5.74) is 5.48. The van der Waals surface area contributed by atoms with Crippen molar-refractivity contribution in [2.45, 2.75) is 188 Å². The van der Waals surface area contributed by atoms with Gasteiger partial charge in [0.25, 0.3) is 0 Å². The first-order chi connectivity index (χ1) is 25.8. The molecule has 1 aromatic heterocycles. The van der Waals surface area contributed by atoms with Crippen molar-refractivity contribution < 1.29 is 9.47 Å². The van der Waals surface area contributed by atoms with E-state index in [-0.39, 0.29) is 17.1 Å². The Morgan fingerprint density at radius 3 is 1.52 bits per heavy atom. The van der Waals surface area contributed by atoms with E-state index in [0.717, 1.165) is 38.0 Å². The van der Waals surface area contributed by atoms with Gasteiger partial charge in [0.15, 0.2) is 6.29 Å². The zero-order valence-electron chi connectivity index (χ0n) is 36.6. The van der Waals surface area contributed by atoms with Crippen LogP contribution in [0.1, 0.15) is 146 Å². The maximum Gasteiger partial charge on any atom is 0.199 e. The second kappa shape index (κ2) is 18.3. The third kappa shape index (κ3) is 9.26. The molecule has 298 valence electrons. The van der Waals surface area contributed by atoms with Crippen LogP contribution in [-0.4, -0.2) is 33.6 Å². The molecule has 0 spiro atoms. The molecule has 1 aliphatic heterocycles. The first kappa shape index (κ1) is 42.8. The second-order valence-electron chi connectivity index (χ2n) is 19.1. The van der Waals surface area contributed by atoms with Crippen LogP contribution in [-0.2, 0) is 10.2 Å². The van der Waals surface area contributed by atoms with Crippen LogP contribution in [0.25, 0.3) is 27.5 Å². The molecular formula is C49H77NO2Si2. The van der Waals surface area contributed by atoms with E-state index in [1.807, 2.05) is 0 Å². The summed E-state index contributed by atoms with van der Waals surface area (Å²) in [6, 6.07) is 30.8. The van der Waals surface area contributed by atoms with Gasteiger partial charge in [-0.15, -0.1) is 0 Å². The molecule has 1 aliphatic rings. The van der Waals surface area contributed by atoms with Gasteiger partial charge in [0, 0.05) is 17.2 Å². The van der Waals surface area contributed by atoms with Crippen molar-refractivity contribution in [3.05, 3.63) is 60.2 Å². The van der Waals surface area contributed by atoms with Crippen molar-refractivity contribution in [3.63, 3.8) is 0 Å². The molecule has 54 heavy (non-hydrogen) atoms. The topological polar surface area (TPSA) is 23.4 Å². The third-order valence-corrected chi connectivity index (χ3v) is 24.5. The minimum atomic E-state index is -1.71. The molecule has 1 atom stereocenters. The summed E-state index contributed by atoms with van der Waals surface area (Å²) in [6.45, 7) is 27.2. The van der Waals surface area contributed by atoms with Gasteiger partial charge in [0.05, 0.1) is 39.5 Å². The Labute approximate surface area is 333 Å². The van der Waals surface area contributed by atoms with Gasteiger partial charge in [-0.25, -0.2) is 0 Å². The lowest BCUT2D eigenvalue weighted by atomic mass is 9.72. The molecule has 1 unspecified atom stereocenters.